The van der Waals surface area contributed by atoms with Crippen LogP contribution in [0.2, 0.25) is 0 Å². The maximum absolute atomic E-state index is 11.4. The Morgan fingerprint density at radius 2 is 2.18 bits per heavy atom. The zero-order valence-corrected chi connectivity index (χ0v) is 9.97. The van der Waals surface area contributed by atoms with Gasteiger partial charge in [0.1, 0.15) is 11.5 Å². The molecule has 2 N–H and O–H groups in total. The highest BCUT2D eigenvalue weighted by Gasteiger charge is 2.06. The number of rotatable bonds is 6. The van der Waals surface area contributed by atoms with Crippen molar-refractivity contribution in [2.24, 2.45) is 0 Å². The molecule has 0 radical (unpaired) electrons. The lowest BCUT2D eigenvalue weighted by atomic mass is 10.3. The van der Waals surface area contributed by atoms with Crippen LogP contribution in [0.1, 0.15) is 6.92 Å². The smallest absolute Gasteiger partial charge is 0.258 e. The van der Waals surface area contributed by atoms with Crippen molar-refractivity contribution >= 4 is 5.91 Å². The zero-order valence-electron chi connectivity index (χ0n) is 9.97. The fourth-order valence-corrected chi connectivity index (χ4v) is 1.20. The Hall–Kier alpha value is -1.75. The Bertz CT molecular complexity index is 367. The molecule has 0 saturated carbocycles. The van der Waals surface area contributed by atoms with E-state index in [2.05, 4.69) is 5.32 Å². The normalized spacial score (nSPS) is 11.7. The second kappa shape index (κ2) is 6.75. The molecular weight excluding hydrogens is 222 g/mol. The number of nitrogens with one attached hydrogen (secondary N) is 1. The van der Waals surface area contributed by atoms with Gasteiger partial charge in [-0.2, -0.15) is 0 Å². The van der Waals surface area contributed by atoms with Crippen molar-refractivity contribution in [3.05, 3.63) is 24.3 Å². The number of amides is 1. The van der Waals surface area contributed by atoms with Crippen molar-refractivity contribution in [2.75, 3.05) is 20.3 Å². The van der Waals surface area contributed by atoms with E-state index in [1.807, 2.05) is 0 Å². The Kier molecular flexibility index (Phi) is 5.29. The van der Waals surface area contributed by atoms with Crippen molar-refractivity contribution in [3.8, 4) is 11.5 Å². The summed E-state index contributed by atoms with van der Waals surface area (Å²) in [5.41, 5.74) is 0. The van der Waals surface area contributed by atoms with Crippen molar-refractivity contribution in [1.29, 1.82) is 0 Å². The third kappa shape index (κ3) is 4.74. The van der Waals surface area contributed by atoms with Gasteiger partial charge < -0.3 is 19.9 Å². The summed E-state index contributed by atoms with van der Waals surface area (Å²) in [6, 6.07) is 6.74. The molecule has 1 amide bonds. The van der Waals surface area contributed by atoms with Crippen molar-refractivity contribution in [2.45, 2.75) is 13.0 Å². The number of ether oxygens (including phenoxy) is 2. The van der Waals surface area contributed by atoms with Gasteiger partial charge in [-0.15, -0.1) is 0 Å². The van der Waals surface area contributed by atoms with Gasteiger partial charge in [-0.25, -0.2) is 0 Å². The van der Waals surface area contributed by atoms with Gasteiger partial charge in [0.25, 0.3) is 5.91 Å². The number of aliphatic hydroxyl groups excluding tert-OH is 1. The van der Waals surface area contributed by atoms with Crippen LogP contribution < -0.4 is 14.8 Å². The molecule has 5 nitrogen and oxygen atoms in total. The van der Waals surface area contributed by atoms with Gasteiger partial charge in [0, 0.05) is 12.1 Å². The van der Waals surface area contributed by atoms with E-state index in [9.17, 15) is 4.79 Å². The molecule has 0 aliphatic carbocycles. The van der Waals surface area contributed by atoms with Gasteiger partial charge in [0.2, 0.25) is 0 Å². The number of hydrogen-bond donors (Lipinski definition) is 2. The summed E-state index contributed by atoms with van der Waals surface area (Å²) in [4.78, 5) is 11.4. The minimum absolute atomic E-state index is 0.0858. The first-order valence-electron chi connectivity index (χ1n) is 5.32. The van der Waals surface area contributed by atoms with Crippen LogP contribution in [-0.4, -0.2) is 37.4 Å². The fourth-order valence-electron chi connectivity index (χ4n) is 1.20. The fraction of sp³-hybridized carbons (Fsp3) is 0.417. The highest BCUT2D eigenvalue weighted by Crippen LogP contribution is 2.18. The van der Waals surface area contributed by atoms with Crippen LogP contribution in [0.4, 0.5) is 0 Å². The van der Waals surface area contributed by atoms with E-state index in [0.717, 1.165) is 0 Å². The summed E-state index contributed by atoms with van der Waals surface area (Å²) in [6.07, 6.45) is 0. The molecule has 0 heterocycles. The van der Waals surface area contributed by atoms with Gasteiger partial charge in [-0.1, -0.05) is 6.07 Å². The highest BCUT2D eigenvalue weighted by molar-refractivity contribution is 5.77. The molecule has 0 aromatic heterocycles. The van der Waals surface area contributed by atoms with E-state index in [0.29, 0.717) is 11.5 Å². The molecule has 5 heteroatoms. The summed E-state index contributed by atoms with van der Waals surface area (Å²) in [7, 11) is 1.56. The third-order valence-corrected chi connectivity index (χ3v) is 2.09. The van der Waals surface area contributed by atoms with Crippen LogP contribution in [0.25, 0.3) is 0 Å². The summed E-state index contributed by atoms with van der Waals surface area (Å²) in [5.74, 6) is 0.970. The minimum atomic E-state index is -0.269. The van der Waals surface area contributed by atoms with E-state index in [1.165, 1.54) is 0 Å². The molecule has 1 aromatic rings. The van der Waals surface area contributed by atoms with Crippen molar-refractivity contribution in [1.82, 2.24) is 5.32 Å². The molecule has 0 bridgehead atoms. The number of carbonyl (C=O) groups is 1. The van der Waals surface area contributed by atoms with E-state index in [1.54, 1.807) is 38.3 Å². The highest BCUT2D eigenvalue weighted by atomic mass is 16.5. The van der Waals surface area contributed by atoms with E-state index in [-0.39, 0.29) is 25.2 Å². The third-order valence-electron chi connectivity index (χ3n) is 2.09. The number of carbonyl (C=O) groups excluding carboxylic acids is 1. The largest absolute Gasteiger partial charge is 0.497 e. The zero-order chi connectivity index (χ0) is 12.7. The second-order valence-corrected chi connectivity index (χ2v) is 3.62. The van der Waals surface area contributed by atoms with Gasteiger partial charge in [0.15, 0.2) is 6.61 Å². The monoisotopic (exact) mass is 239 g/mol. The predicted octanol–water partition coefficient (Wildman–Crippen LogP) is 0.571. The average molecular weight is 239 g/mol. The predicted molar refractivity (Wildman–Crippen MR) is 63.2 cm³/mol. The average Bonchev–Trinajstić information content (AvgIpc) is 2.36. The van der Waals surface area contributed by atoms with Gasteiger partial charge >= 0.3 is 0 Å². The quantitative estimate of drug-likeness (QED) is 0.761. The SMILES string of the molecule is COc1cccc(OCC(=O)NC(C)CO)c1. The summed E-state index contributed by atoms with van der Waals surface area (Å²) < 4.78 is 10.3. The number of benzene rings is 1. The lowest BCUT2D eigenvalue weighted by molar-refractivity contribution is -0.124. The molecule has 1 atom stereocenters. The molecule has 1 rings (SSSR count). The van der Waals surface area contributed by atoms with Crippen LogP contribution in [0.15, 0.2) is 24.3 Å². The first kappa shape index (κ1) is 13.3. The summed E-state index contributed by atoms with van der Waals surface area (Å²) in [5, 5.41) is 11.3. The van der Waals surface area contributed by atoms with Crippen LogP contribution in [0.3, 0.4) is 0 Å². The maximum Gasteiger partial charge on any atom is 0.258 e. The Morgan fingerprint density at radius 1 is 1.47 bits per heavy atom. The summed E-state index contributed by atoms with van der Waals surface area (Å²) >= 11 is 0. The van der Waals surface area contributed by atoms with Crippen molar-refractivity contribution < 1.29 is 19.4 Å². The van der Waals surface area contributed by atoms with E-state index >= 15 is 0 Å². The lowest BCUT2D eigenvalue weighted by Gasteiger charge is -2.11. The molecule has 0 saturated heterocycles. The molecule has 0 aliphatic heterocycles. The molecular formula is C12H17NO4. The first-order chi connectivity index (χ1) is 8.15. The molecule has 1 unspecified atom stereocenters. The Balaban J connectivity index is 2.41. The maximum atomic E-state index is 11.4. The number of hydrogen-bond acceptors (Lipinski definition) is 4. The van der Waals surface area contributed by atoms with Crippen molar-refractivity contribution in [3.63, 3.8) is 0 Å². The van der Waals surface area contributed by atoms with E-state index < -0.39 is 0 Å². The van der Waals surface area contributed by atoms with Gasteiger partial charge in [-0.05, 0) is 19.1 Å². The van der Waals surface area contributed by atoms with Crippen LogP contribution in [0, 0.1) is 0 Å². The molecule has 0 spiro atoms. The standard InChI is InChI=1S/C12H17NO4/c1-9(7-14)13-12(15)8-17-11-5-3-4-10(6-11)16-2/h3-6,9,14H,7-8H2,1-2H3,(H,13,15). The van der Waals surface area contributed by atoms with Crippen LogP contribution in [0.5, 0.6) is 11.5 Å². The Labute approximate surface area is 100 Å². The van der Waals surface area contributed by atoms with E-state index in [4.69, 9.17) is 14.6 Å². The number of methoxy groups -OCH3 is 1. The van der Waals surface area contributed by atoms with Gasteiger partial charge in [-0.3, -0.25) is 4.79 Å². The lowest BCUT2D eigenvalue weighted by Crippen LogP contribution is -2.38. The molecule has 94 valence electrons. The molecule has 17 heavy (non-hydrogen) atoms. The summed E-state index contributed by atoms with van der Waals surface area (Å²) in [6.45, 7) is 1.53. The van der Waals surface area contributed by atoms with Crippen LogP contribution >= 0.6 is 0 Å². The van der Waals surface area contributed by atoms with Crippen LogP contribution in [-0.2, 0) is 4.79 Å². The molecule has 0 aliphatic rings. The number of aliphatic hydroxyl groups is 1. The first-order valence-corrected chi connectivity index (χ1v) is 5.32. The second-order valence-electron chi connectivity index (χ2n) is 3.62. The Morgan fingerprint density at radius 3 is 2.82 bits per heavy atom. The molecule has 1 aromatic carbocycles. The minimum Gasteiger partial charge on any atom is -0.497 e. The topological polar surface area (TPSA) is 67.8 Å². The molecule has 0 fully saturated rings. The van der Waals surface area contributed by atoms with Gasteiger partial charge in [0.05, 0.1) is 13.7 Å².